The maximum Gasteiger partial charge on any atom is -0.0162 e. The molecule has 1 fully saturated rings. The summed E-state index contributed by atoms with van der Waals surface area (Å²) in [6, 6.07) is 10.8. The van der Waals surface area contributed by atoms with Crippen molar-refractivity contribution in [2.45, 2.75) is 18.8 Å². The van der Waals surface area contributed by atoms with Crippen LogP contribution >= 0.6 is 0 Å². The summed E-state index contributed by atoms with van der Waals surface area (Å²) in [6.07, 6.45) is 2.81. The largest absolute Gasteiger partial charge is 0.0622 e. The summed E-state index contributed by atoms with van der Waals surface area (Å²) < 4.78 is 117. The molecule has 0 bridgehead atoms. The van der Waals surface area contributed by atoms with E-state index in [-0.39, 0.29) is 51.4 Å². The third-order valence-electron chi connectivity index (χ3n) is 1.85. The maximum atomic E-state index is 9.75. The zero-order valence-corrected chi connectivity index (χ0v) is 11.6. The Balaban J connectivity index is -0.000000269. The van der Waals surface area contributed by atoms with Crippen LogP contribution in [-0.4, -0.2) is 73.1 Å². The molecule has 1 aliphatic carbocycles. The number of benzene rings is 1. The molecule has 0 aromatic heterocycles. The molecule has 0 spiro atoms. The van der Waals surface area contributed by atoms with Crippen LogP contribution in [0.5, 0.6) is 0 Å². The van der Waals surface area contributed by atoms with E-state index in [2.05, 4.69) is 30.3 Å². The first-order chi connectivity index (χ1) is 10.5. The van der Waals surface area contributed by atoms with Crippen LogP contribution in [0.3, 0.4) is 0 Å². The summed E-state index contributed by atoms with van der Waals surface area (Å²) in [6.45, 7) is 0. The fourth-order valence-corrected chi connectivity index (χ4v) is 1.14. The van der Waals surface area contributed by atoms with Gasteiger partial charge in [0.2, 0.25) is 0 Å². The van der Waals surface area contributed by atoms with Crippen molar-refractivity contribution in [1.29, 1.82) is 0 Å². The first-order valence-corrected chi connectivity index (χ1v) is 6.13. The SMILES string of the molecule is F[B-](F)(F)F.F[B-](F)(F)F.F[B-](F)(F)F.[KH].c1ccc(C2CC2)cc1. The summed E-state index contributed by atoms with van der Waals surface area (Å²) in [5.41, 5.74) is 1.53. The molecule has 0 saturated heterocycles. The molecule has 0 radical (unpaired) electrons. The van der Waals surface area contributed by atoms with Gasteiger partial charge in [0.25, 0.3) is 0 Å². The van der Waals surface area contributed by atoms with Gasteiger partial charge in [-0.3, -0.25) is 0 Å². The molecule has 0 heterocycles. The summed E-state index contributed by atoms with van der Waals surface area (Å²) >= 11 is 0. The van der Waals surface area contributed by atoms with E-state index in [0.717, 1.165) is 5.92 Å². The maximum absolute atomic E-state index is 9.75. The van der Waals surface area contributed by atoms with Crippen molar-refractivity contribution in [2.75, 3.05) is 0 Å². The quantitative estimate of drug-likeness (QED) is 0.398. The molecule has 0 amide bonds. The van der Waals surface area contributed by atoms with E-state index >= 15 is 0 Å². The van der Waals surface area contributed by atoms with Crippen LogP contribution in [0.1, 0.15) is 24.3 Å². The minimum absolute atomic E-state index is 0. The van der Waals surface area contributed by atoms with E-state index < -0.39 is 21.8 Å². The smallest absolute Gasteiger partial charge is 0.0162 e. The predicted octanol–water partition coefficient (Wildman–Crippen LogP) is 5.82. The molecular weight excluding hydrogens is 408 g/mol. The van der Waals surface area contributed by atoms with Gasteiger partial charge in [-0.1, -0.05) is 30.3 Å². The third kappa shape index (κ3) is 51.6. The Bertz CT molecular complexity index is 382. The molecule has 144 valence electrons. The molecule has 1 aromatic carbocycles. The topological polar surface area (TPSA) is 0 Å². The summed E-state index contributed by atoms with van der Waals surface area (Å²) in [7, 11) is -18.0. The minimum Gasteiger partial charge on any atom is -0.0622 e. The average Bonchev–Trinajstić information content (AvgIpc) is 3.06. The molecule has 1 aliphatic rings. The fourth-order valence-electron chi connectivity index (χ4n) is 1.14. The van der Waals surface area contributed by atoms with Crippen molar-refractivity contribution in [3.05, 3.63) is 35.9 Å². The molecular formula is C9H11B3F12K-3. The van der Waals surface area contributed by atoms with Gasteiger partial charge in [-0.25, -0.2) is 0 Å². The second kappa shape index (κ2) is 13.4. The van der Waals surface area contributed by atoms with Gasteiger partial charge in [0, 0.05) is 0 Å². The molecule has 25 heavy (non-hydrogen) atoms. The van der Waals surface area contributed by atoms with Crippen LogP contribution in [0.15, 0.2) is 30.3 Å². The van der Waals surface area contributed by atoms with E-state index in [1.165, 1.54) is 18.4 Å². The number of rotatable bonds is 1. The van der Waals surface area contributed by atoms with Gasteiger partial charge in [0.15, 0.2) is 0 Å². The normalized spacial score (nSPS) is 13.6. The minimum atomic E-state index is -6.00. The molecule has 0 atom stereocenters. The average molecular weight is 419 g/mol. The van der Waals surface area contributed by atoms with Crippen LogP contribution in [-0.2, 0) is 0 Å². The number of halogens is 12. The van der Waals surface area contributed by atoms with Gasteiger partial charge in [-0.15, -0.1) is 0 Å². The zero-order chi connectivity index (χ0) is 19.6. The van der Waals surface area contributed by atoms with Crippen LogP contribution in [0, 0.1) is 0 Å². The molecule has 16 heteroatoms. The molecule has 0 nitrogen and oxygen atoms in total. The zero-order valence-electron chi connectivity index (χ0n) is 11.6. The van der Waals surface area contributed by atoms with Gasteiger partial charge < -0.3 is 51.8 Å². The Morgan fingerprint density at radius 2 is 0.800 bits per heavy atom. The van der Waals surface area contributed by atoms with Gasteiger partial charge in [0.05, 0.1) is 0 Å². The van der Waals surface area contributed by atoms with E-state index in [0.29, 0.717) is 0 Å². The third-order valence-corrected chi connectivity index (χ3v) is 1.85. The van der Waals surface area contributed by atoms with Gasteiger partial charge >= 0.3 is 73.1 Å². The van der Waals surface area contributed by atoms with Crippen molar-refractivity contribution in [1.82, 2.24) is 0 Å². The predicted molar refractivity (Wildman–Crippen MR) is 76.1 cm³/mol. The van der Waals surface area contributed by atoms with Gasteiger partial charge in [-0.05, 0) is 24.3 Å². The molecule has 2 rings (SSSR count). The molecule has 0 aliphatic heterocycles. The van der Waals surface area contributed by atoms with Crippen LogP contribution < -0.4 is 0 Å². The number of hydrogen-bond acceptors (Lipinski definition) is 0. The van der Waals surface area contributed by atoms with Crippen molar-refractivity contribution in [3.63, 3.8) is 0 Å². The molecule has 0 unspecified atom stereocenters. The van der Waals surface area contributed by atoms with Gasteiger partial charge in [-0.2, -0.15) is 0 Å². The fraction of sp³-hybridized carbons (Fsp3) is 0.333. The van der Waals surface area contributed by atoms with E-state index in [4.69, 9.17) is 0 Å². The Labute approximate surface area is 178 Å². The van der Waals surface area contributed by atoms with Gasteiger partial charge in [0.1, 0.15) is 0 Å². The Hall–Kier alpha value is 0.211. The summed E-state index contributed by atoms with van der Waals surface area (Å²) in [5.74, 6) is 0.909. The Morgan fingerprint density at radius 3 is 1.00 bits per heavy atom. The Kier molecular flexibility index (Phi) is 16.0. The monoisotopic (exact) mass is 419 g/mol. The van der Waals surface area contributed by atoms with E-state index in [9.17, 15) is 51.8 Å². The van der Waals surface area contributed by atoms with Crippen LogP contribution in [0.2, 0.25) is 0 Å². The summed E-state index contributed by atoms with van der Waals surface area (Å²) in [4.78, 5) is 0. The molecule has 1 saturated carbocycles. The van der Waals surface area contributed by atoms with Crippen LogP contribution in [0.25, 0.3) is 0 Å². The standard InChI is InChI=1S/C9H10.3BF4.K.H/c1-2-4-8(5-3-1)9-6-7-9;3*2-1(3,4)5;;/h1-5,9H,6-7H2;;;;;/q;3*-1;;. The second-order valence-electron chi connectivity index (χ2n) is 4.17. The van der Waals surface area contributed by atoms with Crippen molar-refractivity contribution >= 4 is 73.1 Å². The summed E-state index contributed by atoms with van der Waals surface area (Å²) in [5, 5.41) is 0. The first kappa shape index (κ1) is 30.0. The van der Waals surface area contributed by atoms with Crippen molar-refractivity contribution in [2.24, 2.45) is 0 Å². The number of hydrogen-bond donors (Lipinski definition) is 0. The van der Waals surface area contributed by atoms with Crippen LogP contribution in [0.4, 0.5) is 51.8 Å². The molecule has 0 N–H and O–H groups in total. The van der Waals surface area contributed by atoms with Crippen molar-refractivity contribution in [3.8, 4) is 0 Å². The second-order valence-corrected chi connectivity index (χ2v) is 4.17. The Morgan fingerprint density at radius 1 is 0.560 bits per heavy atom. The van der Waals surface area contributed by atoms with E-state index in [1.54, 1.807) is 0 Å². The van der Waals surface area contributed by atoms with Crippen molar-refractivity contribution < 1.29 is 51.8 Å². The van der Waals surface area contributed by atoms with E-state index in [1.807, 2.05) is 0 Å². The molecule has 1 aromatic rings. The first-order valence-electron chi connectivity index (χ1n) is 6.13.